The lowest BCUT2D eigenvalue weighted by molar-refractivity contribution is -0.134. The van der Waals surface area contributed by atoms with E-state index in [1.54, 1.807) is 12.0 Å². The number of methoxy groups -OCH3 is 1. The van der Waals surface area contributed by atoms with E-state index in [1.165, 1.54) is 0 Å². The lowest BCUT2D eigenvalue weighted by Crippen LogP contribution is -2.53. The molecule has 38 heavy (non-hydrogen) atoms. The summed E-state index contributed by atoms with van der Waals surface area (Å²) >= 11 is 0. The monoisotopic (exact) mass is 512 g/mol. The zero-order valence-corrected chi connectivity index (χ0v) is 22.8. The number of piperazine rings is 1. The van der Waals surface area contributed by atoms with Gasteiger partial charge in [-0.25, -0.2) is 0 Å². The van der Waals surface area contributed by atoms with Crippen molar-refractivity contribution >= 4 is 23.6 Å². The number of aromatic nitrogens is 1. The molecule has 3 heterocycles. The summed E-state index contributed by atoms with van der Waals surface area (Å²) in [6, 6.07) is 15.2. The van der Waals surface area contributed by atoms with Crippen molar-refractivity contribution in [2.24, 2.45) is 7.05 Å². The number of anilines is 1. The first-order valence-corrected chi connectivity index (χ1v) is 13.2. The van der Waals surface area contributed by atoms with Gasteiger partial charge in [-0.1, -0.05) is 36.4 Å². The molecule has 1 aromatic heterocycles. The number of aryl methyl sites for hydroxylation is 1. The van der Waals surface area contributed by atoms with Crippen LogP contribution in [0.3, 0.4) is 0 Å². The Kier molecular flexibility index (Phi) is 7.02. The molecule has 2 aliphatic rings. The van der Waals surface area contributed by atoms with Crippen molar-refractivity contribution in [1.29, 1.82) is 0 Å². The number of carbonyl (C=O) groups is 2. The molecule has 198 valence electrons. The number of allylic oxidation sites excluding steroid dienone is 1. The fourth-order valence-corrected chi connectivity index (χ4v) is 6.07. The molecule has 2 amide bonds. The SMILES string of the molecule is C/C=C\c1c(C)c(C2C(C(=O)N3CCN(c4ccccc4OC)CC3)c3ccccc3C(=O)N2C)cn1C. The molecule has 3 aromatic rings. The van der Waals surface area contributed by atoms with E-state index in [1.807, 2.05) is 74.5 Å². The summed E-state index contributed by atoms with van der Waals surface area (Å²) < 4.78 is 7.65. The van der Waals surface area contributed by atoms with Gasteiger partial charge in [-0.05, 0) is 54.8 Å². The standard InChI is InChI=1S/C31H36N4O3/c1-6-11-25-21(2)24(20-32(25)3)29-28(22-12-7-8-13-23(22)30(36)33(29)4)31(37)35-18-16-34(17-19-35)26-14-9-10-15-27(26)38-5/h6-15,20,28-29H,16-19H2,1-5H3/b11-6-. The number of fused-ring (bicyclic) bond motifs is 1. The third kappa shape index (κ3) is 4.26. The Bertz CT molecular complexity index is 1380. The second-order valence-electron chi connectivity index (χ2n) is 10.1. The summed E-state index contributed by atoms with van der Waals surface area (Å²) in [6.45, 7) is 6.73. The minimum Gasteiger partial charge on any atom is -0.495 e. The summed E-state index contributed by atoms with van der Waals surface area (Å²) in [4.78, 5) is 33.9. The van der Waals surface area contributed by atoms with Gasteiger partial charge in [0.15, 0.2) is 0 Å². The van der Waals surface area contributed by atoms with Crippen molar-refractivity contribution in [3.8, 4) is 5.75 Å². The molecule has 5 rings (SSSR count). The van der Waals surface area contributed by atoms with Gasteiger partial charge >= 0.3 is 0 Å². The molecule has 0 saturated carbocycles. The van der Waals surface area contributed by atoms with Crippen LogP contribution in [0, 0.1) is 6.92 Å². The summed E-state index contributed by atoms with van der Waals surface area (Å²) in [5.41, 5.74) is 5.65. The van der Waals surface area contributed by atoms with Gasteiger partial charge in [-0.2, -0.15) is 0 Å². The van der Waals surface area contributed by atoms with E-state index in [4.69, 9.17) is 4.74 Å². The number of likely N-dealkylation sites (N-methyl/N-ethyl adjacent to an activating group) is 1. The molecule has 2 aromatic carbocycles. The molecule has 0 spiro atoms. The predicted molar refractivity (Wildman–Crippen MR) is 151 cm³/mol. The van der Waals surface area contributed by atoms with Crippen LogP contribution in [0.5, 0.6) is 5.75 Å². The minimum atomic E-state index is -0.480. The average molecular weight is 513 g/mol. The van der Waals surface area contributed by atoms with Crippen molar-refractivity contribution in [1.82, 2.24) is 14.4 Å². The molecular formula is C31H36N4O3. The van der Waals surface area contributed by atoms with E-state index in [2.05, 4.69) is 34.7 Å². The topological polar surface area (TPSA) is 58.0 Å². The summed E-state index contributed by atoms with van der Waals surface area (Å²) in [5.74, 6) is 0.375. The van der Waals surface area contributed by atoms with Crippen LogP contribution in [0.1, 0.15) is 51.6 Å². The van der Waals surface area contributed by atoms with Crippen LogP contribution in [0.25, 0.3) is 6.08 Å². The zero-order valence-electron chi connectivity index (χ0n) is 22.8. The Balaban J connectivity index is 1.50. The Morgan fingerprint density at radius 1 is 0.974 bits per heavy atom. The van der Waals surface area contributed by atoms with E-state index in [9.17, 15) is 9.59 Å². The number of benzene rings is 2. The van der Waals surface area contributed by atoms with Crippen molar-refractivity contribution < 1.29 is 14.3 Å². The maximum Gasteiger partial charge on any atom is 0.254 e. The molecule has 0 radical (unpaired) electrons. The Labute approximate surface area is 224 Å². The van der Waals surface area contributed by atoms with Crippen LogP contribution in [-0.4, -0.2) is 66.5 Å². The minimum absolute atomic E-state index is 0.0496. The highest BCUT2D eigenvalue weighted by atomic mass is 16.5. The van der Waals surface area contributed by atoms with Crippen molar-refractivity contribution in [3.05, 3.63) is 88.8 Å². The highest BCUT2D eigenvalue weighted by Gasteiger charge is 2.45. The second-order valence-corrected chi connectivity index (χ2v) is 10.1. The maximum atomic E-state index is 14.4. The highest BCUT2D eigenvalue weighted by molar-refractivity contribution is 6.01. The molecule has 0 bridgehead atoms. The smallest absolute Gasteiger partial charge is 0.254 e. The van der Waals surface area contributed by atoms with Gasteiger partial charge in [-0.15, -0.1) is 0 Å². The van der Waals surface area contributed by atoms with E-state index in [0.717, 1.165) is 46.9 Å². The van der Waals surface area contributed by atoms with Crippen LogP contribution in [0.4, 0.5) is 5.69 Å². The Morgan fingerprint density at radius 3 is 2.37 bits per heavy atom. The molecule has 2 aliphatic heterocycles. The molecule has 0 aliphatic carbocycles. The quantitative estimate of drug-likeness (QED) is 0.500. The lowest BCUT2D eigenvalue weighted by Gasteiger charge is -2.43. The molecule has 0 N–H and O–H groups in total. The number of hydrogen-bond acceptors (Lipinski definition) is 4. The number of nitrogens with zero attached hydrogens (tertiary/aromatic N) is 4. The number of carbonyl (C=O) groups excluding carboxylic acids is 2. The summed E-state index contributed by atoms with van der Waals surface area (Å²) in [6.07, 6.45) is 6.17. The first kappa shape index (κ1) is 25.6. The normalized spacial score (nSPS) is 19.7. The second kappa shape index (κ2) is 10.4. The summed E-state index contributed by atoms with van der Waals surface area (Å²) in [5, 5.41) is 0. The molecule has 7 heteroatoms. The largest absolute Gasteiger partial charge is 0.495 e. The third-order valence-corrected chi connectivity index (χ3v) is 8.04. The van der Waals surface area contributed by atoms with Crippen LogP contribution in [0.2, 0.25) is 0 Å². The first-order valence-electron chi connectivity index (χ1n) is 13.2. The average Bonchev–Trinajstić information content (AvgIpc) is 3.22. The number of para-hydroxylation sites is 2. The van der Waals surface area contributed by atoms with Crippen LogP contribution < -0.4 is 9.64 Å². The van der Waals surface area contributed by atoms with E-state index >= 15 is 0 Å². The molecule has 2 atom stereocenters. The fourth-order valence-electron chi connectivity index (χ4n) is 6.07. The molecule has 1 saturated heterocycles. The number of amides is 2. The highest BCUT2D eigenvalue weighted by Crippen LogP contribution is 2.45. The van der Waals surface area contributed by atoms with E-state index < -0.39 is 5.92 Å². The number of hydrogen-bond donors (Lipinski definition) is 0. The van der Waals surface area contributed by atoms with Gasteiger partial charge in [0.2, 0.25) is 5.91 Å². The third-order valence-electron chi connectivity index (χ3n) is 8.04. The van der Waals surface area contributed by atoms with Gasteiger partial charge in [0.05, 0.1) is 24.8 Å². The molecular weight excluding hydrogens is 476 g/mol. The van der Waals surface area contributed by atoms with E-state index in [0.29, 0.717) is 18.7 Å². The van der Waals surface area contributed by atoms with Gasteiger partial charge in [-0.3, -0.25) is 9.59 Å². The Morgan fingerprint density at radius 2 is 1.66 bits per heavy atom. The lowest BCUT2D eigenvalue weighted by atomic mass is 9.78. The molecule has 2 unspecified atom stereocenters. The van der Waals surface area contributed by atoms with Crippen LogP contribution in [0.15, 0.2) is 60.8 Å². The molecule has 1 fully saturated rings. The maximum absolute atomic E-state index is 14.4. The predicted octanol–water partition coefficient (Wildman–Crippen LogP) is 4.63. The van der Waals surface area contributed by atoms with Crippen LogP contribution >= 0.6 is 0 Å². The van der Waals surface area contributed by atoms with E-state index in [-0.39, 0.29) is 17.9 Å². The van der Waals surface area contributed by atoms with Crippen molar-refractivity contribution in [2.75, 3.05) is 45.2 Å². The van der Waals surface area contributed by atoms with Crippen molar-refractivity contribution in [3.63, 3.8) is 0 Å². The van der Waals surface area contributed by atoms with Crippen LogP contribution in [-0.2, 0) is 11.8 Å². The Hall–Kier alpha value is -4.00. The first-order chi connectivity index (χ1) is 18.4. The van der Waals surface area contributed by atoms with Gasteiger partial charge in [0.1, 0.15) is 5.75 Å². The summed E-state index contributed by atoms with van der Waals surface area (Å²) in [7, 11) is 5.52. The molecule has 7 nitrogen and oxygen atoms in total. The van der Waals surface area contributed by atoms with Gasteiger partial charge in [0.25, 0.3) is 5.91 Å². The number of rotatable bonds is 5. The zero-order chi connectivity index (χ0) is 27.0. The van der Waals surface area contributed by atoms with Crippen molar-refractivity contribution in [2.45, 2.75) is 25.8 Å². The number of ether oxygens (including phenoxy) is 1. The fraction of sp³-hybridized carbons (Fsp3) is 0.355. The van der Waals surface area contributed by atoms with Gasteiger partial charge < -0.3 is 24.0 Å². The van der Waals surface area contributed by atoms with Gasteiger partial charge in [0, 0.05) is 57.7 Å².